The largest absolute Gasteiger partial charge is 0.435 e. The average molecular weight is 630 g/mol. The molecule has 236 valence electrons. The van der Waals surface area contributed by atoms with Crippen LogP contribution in [-0.4, -0.2) is 33.6 Å². The summed E-state index contributed by atoms with van der Waals surface area (Å²) in [6, 6.07) is 8.71. The summed E-state index contributed by atoms with van der Waals surface area (Å²) < 4.78 is 84.8. The Balaban J connectivity index is 1.57. The van der Waals surface area contributed by atoms with Crippen LogP contribution in [0.1, 0.15) is 77.2 Å². The van der Waals surface area contributed by atoms with Gasteiger partial charge in [-0.05, 0) is 73.2 Å². The maximum atomic E-state index is 14.5. The Morgan fingerprint density at radius 3 is 2.36 bits per heavy atom. The first-order valence-electron chi connectivity index (χ1n) is 14.3. The molecule has 0 saturated heterocycles. The molecular formula is C32H29F6N5O2. The van der Waals surface area contributed by atoms with E-state index < -0.39 is 53.2 Å². The summed E-state index contributed by atoms with van der Waals surface area (Å²) in [6.45, 7) is 1.64. The second-order valence-corrected chi connectivity index (χ2v) is 10.8. The molecule has 4 aromatic rings. The number of nitrogens with zero attached hydrogens (tertiary/aromatic N) is 3. The highest BCUT2D eigenvalue weighted by Gasteiger charge is 2.40. The number of alkyl halides is 3. The van der Waals surface area contributed by atoms with Gasteiger partial charge in [0, 0.05) is 36.5 Å². The Labute approximate surface area is 254 Å². The van der Waals surface area contributed by atoms with E-state index in [2.05, 4.69) is 20.7 Å². The number of halogens is 6. The molecule has 0 spiro atoms. The second kappa shape index (κ2) is 12.7. The summed E-state index contributed by atoms with van der Waals surface area (Å²) >= 11 is 0. The van der Waals surface area contributed by atoms with E-state index in [-0.39, 0.29) is 35.6 Å². The Morgan fingerprint density at radius 1 is 1.02 bits per heavy atom. The van der Waals surface area contributed by atoms with E-state index in [0.717, 1.165) is 28.9 Å². The highest BCUT2D eigenvalue weighted by atomic mass is 19.4. The summed E-state index contributed by atoms with van der Waals surface area (Å²) in [4.78, 5) is 30.6. The average Bonchev–Trinajstić information content (AvgIpc) is 3.74. The van der Waals surface area contributed by atoms with Gasteiger partial charge in [-0.1, -0.05) is 19.1 Å². The molecule has 1 unspecified atom stereocenters. The summed E-state index contributed by atoms with van der Waals surface area (Å²) in [7, 11) is 1.35. The first kappa shape index (κ1) is 31.7. The number of hydrogen-bond donors (Lipinski definition) is 2. The predicted molar refractivity (Wildman–Crippen MR) is 152 cm³/mol. The van der Waals surface area contributed by atoms with E-state index in [1.54, 1.807) is 19.1 Å². The zero-order valence-electron chi connectivity index (χ0n) is 24.3. The van der Waals surface area contributed by atoms with Crippen molar-refractivity contribution in [3.63, 3.8) is 0 Å². The zero-order valence-corrected chi connectivity index (χ0v) is 24.3. The molecule has 1 aliphatic carbocycles. The Bertz CT molecular complexity index is 1710. The maximum absolute atomic E-state index is 14.5. The summed E-state index contributed by atoms with van der Waals surface area (Å²) in [5, 5.41) is 8.97. The molecular weight excluding hydrogens is 600 g/mol. The lowest BCUT2D eigenvalue weighted by Gasteiger charge is -2.25. The van der Waals surface area contributed by atoms with Crippen molar-refractivity contribution in [2.24, 2.45) is 0 Å². The third kappa shape index (κ3) is 7.02. The Morgan fingerprint density at radius 2 is 1.73 bits per heavy atom. The Hall–Kier alpha value is -4.68. The van der Waals surface area contributed by atoms with Gasteiger partial charge in [-0.25, -0.2) is 13.2 Å². The number of hydrogen-bond acceptors (Lipinski definition) is 4. The fourth-order valence-corrected chi connectivity index (χ4v) is 5.34. The van der Waals surface area contributed by atoms with Crippen LogP contribution in [0.25, 0.3) is 11.1 Å². The second-order valence-electron chi connectivity index (χ2n) is 10.8. The van der Waals surface area contributed by atoms with Crippen molar-refractivity contribution in [3.8, 4) is 11.1 Å². The van der Waals surface area contributed by atoms with Gasteiger partial charge in [-0.3, -0.25) is 19.3 Å². The fraction of sp³-hybridized carbons (Fsp3) is 0.312. The lowest BCUT2D eigenvalue weighted by Crippen LogP contribution is -2.37. The molecule has 2 heterocycles. The standard InChI is InChI=1S/C32H29F6N5O2/c1-3-26(43-27(18-6-7-18)16-28(42-43)32(36,37)38)31(45)41-25(13-17-11-20(33)15-21(34)12-17)29-22(5-4-10-40-29)19-8-9-24(35)23(14-19)30(44)39-2/h4-5,8-12,14-16,18,25-26H,3,6-7,13H2,1-2H3,(H,39,44)(H,41,45)/t25-,26?/m0/s1. The molecule has 5 rings (SSSR count). The lowest BCUT2D eigenvalue weighted by molar-refractivity contribution is -0.142. The number of aromatic nitrogens is 3. The minimum atomic E-state index is -4.71. The molecule has 45 heavy (non-hydrogen) atoms. The van der Waals surface area contributed by atoms with Crippen molar-refractivity contribution in [2.75, 3.05) is 7.05 Å². The SMILES string of the molecule is CCC(C(=O)N[C@@H](Cc1cc(F)cc(F)c1)c1ncccc1-c1ccc(F)c(C(=O)NC)c1)n1nc(C(F)(F)F)cc1C1CC1. The van der Waals surface area contributed by atoms with Crippen molar-refractivity contribution in [1.82, 2.24) is 25.4 Å². The molecule has 2 atom stereocenters. The van der Waals surface area contributed by atoms with Crippen LogP contribution in [-0.2, 0) is 17.4 Å². The van der Waals surface area contributed by atoms with Crippen LogP contribution in [0.2, 0.25) is 0 Å². The van der Waals surface area contributed by atoms with Crippen LogP contribution in [0, 0.1) is 17.5 Å². The fourth-order valence-electron chi connectivity index (χ4n) is 5.34. The summed E-state index contributed by atoms with van der Waals surface area (Å²) in [5.74, 6) is -3.96. The first-order chi connectivity index (χ1) is 21.4. The van der Waals surface area contributed by atoms with Crippen molar-refractivity contribution in [3.05, 3.63) is 106 Å². The number of amides is 2. The molecule has 1 saturated carbocycles. The monoisotopic (exact) mass is 629 g/mol. The number of carbonyl (C=O) groups is 2. The zero-order chi connectivity index (χ0) is 32.5. The highest BCUT2D eigenvalue weighted by molar-refractivity contribution is 5.95. The molecule has 2 aromatic carbocycles. The summed E-state index contributed by atoms with van der Waals surface area (Å²) in [5.41, 5.74) is 0.110. The third-order valence-electron chi connectivity index (χ3n) is 7.63. The van der Waals surface area contributed by atoms with E-state index in [9.17, 15) is 35.9 Å². The van der Waals surface area contributed by atoms with Gasteiger partial charge in [0.25, 0.3) is 5.91 Å². The predicted octanol–water partition coefficient (Wildman–Crippen LogP) is 6.67. The smallest absolute Gasteiger partial charge is 0.355 e. The van der Waals surface area contributed by atoms with Crippen LogP contribution >= 0.6 is 0 Å². The van der Waals surface area contributed by atoms with Crippen molar-refractivity contribution >= 4 is 11.8 Å². The third-order valence-corrected chi connectivity index (χ3v) is 7.63. The van der Waals surface area contributed by atoms with Crippen LogP contribution in [0.3, 0.4) is 0 Å². The maximum Gasteiger partial charge on any atom is 0.435 e. The van der Waals surface area contributed by atoms with Crippen LogP contribution in [0.5, 0.6) is 0 Å². The molecule has 1 fully saturated rings. The first-order valence-corrected chi connectivity index (χ1v) is 14.3. The van der Waals surface area contributed by atoms with E-state index in [1.807, 2.05) is 0 Å². The van der Waals surface area contributed by atoms with E-state index in [0.29, 0.717) is 35.7 Å². The minimum Gasteiger partial charge on any atom is -0.355 e. The molecule has 0 bridgehead atoms. The van der Waals surface area contributed by atoms with Crippen LogP contribution in [0.15, 0.2) is 60.8 Å². The summed E-state index contributed by atoms with van der Waals surface area (Å²) in [6.07, 6.45) is -2.01. The number of carbonyl (C=O) groups excluding carboxylic acids is 2. The molecule has 0 aliphatic heterocycles. The lowest BCUT2D eigenvalue weighted by atomic mass is 9.94. The molecule has 1 aliphatic rings. The van der Waals surface area contributed by atoms with Crippen molar-refractivity contribution < 1.29 is 35.9 Å². The van der Waals surface area contributed by atoms with Crippen LogP contribution in [0.4, 0.5) is 26.3 Å². The van der Waals surface area contributed by atoms with Crippen LogP contribution < -0.4 is 10.6 Å². The molecule has 0 radical (unpaired) electrons. The quantitative estimate of drug-likeness (QED) is 0.192. The van der Waals surface area contributed by atoms with Gasteiger partial charge in [0.2, 0.25) is 5.91 Å². The minimum absolute atomic E-state index is 0.0916. The van der Waals surface area contributed by atoms with E-state index >= 15 is 0 Å². The van der Waals surface area contributed by atoms with Gasteiger partial charge < -0.3 is 10.6 Å². The normalized spacial score (nSPS) is 14.6. The highest BCUT2D eigenvalue weighted by Crippen LogP contribution is 2.43. The van der Waals surface area contributed by atoms with E-state index in [4.69, 9.17) is 0 Å². The molecule has 2 amide bonds. The number of pyridine rings is 1. The van der Waals surface area contributed by atoms with Gasteiger partial charge in [0.1, 0.15) is 23.5 Å². The molecule has 2 N–H and O–H groups in total. The molecule has 7 nitrogen and oxygen atoms in total. The molecule has 13 heteroatoms. The van der Waals surface area contributed by atoms with Crippen molar-refractivity contribution in [1.29, 1.82) is 0 Å². The van der Waals surface area contributed by atoms with Crippen molar-refractivity contribution in [2.45, 2.75) is 56.8 Å². The van der Waals surface area contributed by atoms with Gasteiger partial charge in [0.15, 0.2) is 5.69 Å². The van der Waals surface area contributed by atoms with Gasteiger partial charge in [-0.2, -0.15) is 18.3 Å². The van der Waals surface area contributed by atoms with E-state index in [1.165, 1.54) is 25.4 Å². The number of rotatable bonds is 10. The topological polar surface area (TPSA) is 88.9 Å². The number of nitrogens with one attached hydrogen (secondary N) is 2. The van der Waals surface area contributed by atoms with Gasteiger partial charge in [0.05, 0.1) is 17.3 Å². The van der Waals surface area contributed by atoms with Gasteiger partial charge >= 0.3 is 6.18 Å². The molecule has 2 aromatic heterocycles. The Kier molecular flexibility index (Phi) is 8.98. The van der Waals surface area contributed by atoms with Gasteiger partial charge in [-0.15, -0.1) is 0 Å². The number of benzene rings is 2.